The number of aromatic nitrogens is 3. The van der Waals surface area contributed by atoms with Gasteiger partial charge in [0.05, 0.1) is 29.0 Å². The van der Waals surface area contributed by atoms with E-state index in [1.165, 1.54) is 12.1 Å². The zero-order valence-corrected chi connectivity index (χ0v) is 19.5. The Kier molecular flexibility index (Phi) is 6.13. The fourth-order valence-electron chi connectivity index (χ4n) is 4.44. The molecule has 3 heterocycles. The molecule has 178 valence electrons. The van der Waals surface area contributed by atoms with Crippen molar-refractivity contribution in [2.24, 2.45) is 0 Å². The molecule has 0 radical (unpaired) electrons. The number of amides is 1. The number of likely N-dealkylation sites (tertiary alicyclic amines) is 1. The monoisotopic (exact) mass is 492 g/mol. The number of fused-ring (bicyclic) bond motifs is 1. The second-order valence-electron chi connectivity index (χ2n) is 8.30. The molecule has 5 rings (SSSR count). The summed E-state index contributed by atoms with van der Waals surface area (Å²) in [7, 11) is 0. The SMILES string of the molecule is C=CC(=O)N1CC[C@@H](n2c(=O)n(-c3ccc(OCc4ccc(Cl)cc4F)cc3)c3cnccc32)C1. The number of imidazole rings is 1. The maximum atomic E-state index is 14.0. The lowest BCUT2D eigenvalue weighted by atomic mass is 10.2. The van der Waals surface area contributed by atoms with Crippen LogP contribution in [0.3, 0.4) is 0 Å². The predicted octanol–water partition coefficient (Wildman–Crippen LogP) is 4.52. The van der Waals surface area contributed by atoms with Crippen molar-refractivity contribution in [2.45, 2.75) is 19.1 Å². The van der Waals surface area contributed by atoms with Crippen molar-refractivity contribution in [1.82, 2.24) is 19.0 Å². The van der Waals surface area contributed by atoms with Crippen LogP contribution in [0, 0.1) is 5.82 Å². The second-order valence-corrected chi connectivity index (χ2v) is 8.74. The third kappa shape index (κ3) is 4.33. The van der Waals surface area contributed by atoms with Gasteiger partial charge in [-0.15, -0.1) is 0 Å². The number of ether oxygens (including phenoxy) is 1. The minimum atomic E-state index is -0.429. The number of halogens is 2. The molecule has 0 bridgehead atoms. The zero-order valence-electron chi connectivity index (χ0n) is 18.7. The molecule has 0 N–H and O–H groups in total. The van der Waals surface area contributed by atoms with Crippen LogP contribution in [0.15, 0.2) is 78.4 Å². The standard InChI is InChI=1S/C26H22ClFN4O3/c1-2-25(33)30-12-10-20(15-30)32-23-9-11-29-14-24(23)31(26(32)34)19-5-7-21(8-6-19)35-16-17-3-4-18(27)13-22(17)28/h2-9,11,13-14,20H,1,10,12,15-16H2/t20-/m1/s1. The summed E-state index contributed by atoms with van der Waals surface area (Å²) in [4.78, 5) is 31.5. The van der Waals surface area contributed by atoms with E-state index >= 15 is 0 Å². The number of rotatable bonds is 6. The van der Waals surface area contributed by atoms with E-state index in [1.807, 2.05) is 6.07 Å². The molecule has 0 spiro atoms. The van der Waals surface area contributed by atoms with Gasteiger partial charge in [-0.05, 0) is 55.0 Å². The molecule has 9 heteroatoms. The van der Waals surface area contributed by atoms with Gasteiger partial charge < -0.3 is 9.64 Å². The number of benzene rings is 2. The first-order valence-corrected chi connectivity index (χ1v) is 11.5. The number of nitrogens with zero attached hydrogens (tertiary/aromatic N) is 4. The summed E-state index contributed by atoms with van der Waals surface area (Å²) in [5, 5.41) is 0.326. The van der Waals surface area contributed by atoms with Crippen LogP contribution in [0.25, 0.3) is 16.7 Å². The van der Waals surface area contributed by atoms with Crippen molar-refractivity contribution in [2.75, 3.05) is 13.1 Å². The first kappa shape index (κ1) is 22.9. The van der Waals surface area contributed by atoms with E-state index < -0.39 is 5.82 Å². The molecule has 35 heavy (non-hydrogen) atoms. The maximum absolute atomic E-state index is 14.0. The molecule has 7 nitrogen and oxygen atoms in total. The first-order chi connectivity index (χ1) is 17.0. The van der Waals surface area contributed by atoms with Crippen molar-refractivity contribution in [3.05, 3.63) is 100 Å². The Morgan fingerprint density at radius 3 is 2.74 bits per heavy atom. The molecule has 1 atom stereocenters. The molecule has 4 aromatic rings. The Labute approximate surface area is 205 Å². The topological polar surface area (TPSA) is 69.4 Å². The van der Waals surface area contributed by atoms with Crippen molar-refractivity contribution < 1.29 is 13.9 Å². The van der Waals surface area contributed by atoms with E-state index in [4.69, 9.17) is 16.3 Å². The molecule has 0 saturated carbocycles. The minimum Gasteiger partial charge on any atom is -0.489 e. The highest BCUT2D eigenvalue weighted by molar-refractivity contribution is 6.30. The third-order valence-corrected chi connectivity index (χ3v) is 6.43. The molecule has 1 aliphatic heterocycles. The van der Waals surface area contributed by atoms with Crippen LogP contribution in [-0.4, -0.2) is 38.0 Å². The smallest absolute Gasteiger partial charge is 0.334 e. The second kappa shape index (κ2) is 9.38. The van der Waals surface area contributed by atoms with Crippen LogP contribution < -0.4 is 10.4 Å². The predicted molar refractivity (Wildman–Crippen MR) is 132 cm³/mol. The van der Waals surface area contributed by atoms with Crippen molar-refractivity contribution in [3.8, 4) is 11.4 Å². The third-order valence-electron chi connectivity index (χ3n) is 6.19. The summed E-state index contributed by atoms with van der Waals surface area (Å²) >= 11 is 5.80. The van der Waals surface area contributed by atoms with E-state index in [0.717, 1.165) is 5.52 Å². The van der Waals surface area contributed by atoms with Gasteiger partial charge in [0.25, 0.3) is 0 Å². The van der Waals surface area contributed by atoms with E-state index in [9.17, 15) is 14.0 Å². The van der Waals surface area contributed by atoms with Gasteiger partial charge >= 0.3 is 5.69 Å². The zero-order chi connectivity index (χ0) is 24.5. The van der Waals surface area contributed by atoms with Crippen LogP contribution in [0.1, 0.15) is 18.0 Å². The highest BCUT2D eigenvalue weighted by atomic mass is 35.5. The van der Waals surface area contributed by atoms with Gasteiger partial charge in [0.2, 0.25) is 5.91 Å². The van der Waals surface area contributed by atoms with Crippen LogP contribution in [0.2, 0.25) is 5.02 Å². The summed E-state index contributed by atoms with van der Waals surface area (Å²) < 4.78 is 23.1. The number of carbonyl (C=O) groups is 1. The summed E-state index contributed by atoms with van der Waals surface area (Å²) in [6.45, 7) is 4.62. The van der Waals surface area contributed by atoms with Crippen LogP contribution in [0.4, 0.5) is 4.39 Å². The fraction of sp³-hybridized carbons (Fsp3) is 0.192. The largest absolute Gasteiger partial charge is 0.489 e. The number of carbonyl (C=O) groups excluding carboxylic acids is 1. The average molecular weight is 493 g/mol. The molecule has 1 aliphatic rings. The molecular weight excluding hydrogens is 471 g/mol. The van der Waals surface area contributed by atoms with E-state index in [1.54, 1.807) is 62.8 Å². The fourth-order valence-corrected chi connectivity index (χ4v) is 4.60. The van der Waals surface area contributed by atoms with E-state index in [0.29, 0.717) is 47.1 Å². The summed E-state index contributed by atoms with van der Waals surface area (Å²) in [6, 6.07) is 13.1. The lowest BCUT2D eigenvalue weighted by molar-refractivity contribution is -0.125. The molecule has 0 unspecified atom stereocenters. The Morgan fingerprint density at radius 2 is 2.00 bits per heavy atom. The Hall–Kier alpha value is -3.91. The summed E-state index contributed by atoms with van der Waals surface area (Å²) in [6.07, 6.45) is 5.28. The minimum absolute atomic E-state index is 0.0487. The van der Waals surface area contributed by atoms with E-state index in [-0.39, 0.29) is 24.2 Å². The molecule has 2 aromatic heterocycles. The number of pyridine rings is 1. The average Bonchev–Trinajstić information content (AvgIpc) is 3.45. The molecule has 1 saturated heterocycles. The highest BCUT2D eigenvalue weighted by Crippen LogP contribution is 2.27. The van der Waals surface area contributed by atoms with Gasteiger partial charge in [-0.2, -0.15) is 0 Å². The lowest BCUT2D eigenvalue weighted by Crippen LogP contribution is -2.31. The van der Waals surface area contributed by atoms with Crippen LogP contribution in [-0.2, 0) is 11.4 Å². The van der Waals surface area contributed by atoms with Crippen molar-refractivity contribution in [1.29, 1.82) is 0 Å². The summed E-state index contributed by atoms with van der Waals surface area (Å²) in [5.41, 5.74) is 2.25. The molecular formula is C26H22ClFN4O3. The van der Waals surface area contributed by atoms with Crippen LogP contribution >= 0.6 is 11.6 Å². The maximum Gasteiger partial charge on any atom is 0.334 e. The number of hydrogen-bond donors (Lipinski definition) is 0. The van der Waals surface area contributed by atoms with Gasteiger partial charge in [-0.25, -0.2) is 9.18 Å². The van der Waals surface area contributed by atoms with Gasteiger partial charge in [-0.1, -0.05) is 24.2 Å². The quantitative estimate of drug-likeness (QED) is 0.371. The lowest BCUT2D eigenvalue weighted by Gasteiger charge is -2.15. The summed E-state index contributed by atoms with van der Waals surface area (Å²) in [5.74, 6) is -0.0336. The van der Waals surface area contributed by atoms with Gasteiger partial charge in [0.1, 0.15) is 18.2 Å². The van der Waals surface area contributed by atoms with Gasteiger partial charge in [0.15, 0.2) is 0 Å². The number of hydrogen-bond acceptors (Lipinski definition) is 4. The van der Waals surface area contributed by atoms with Crippen molar-refractivity contribution >= 4 is 28.5 Å². The van der Waals surface area contributed by atoms with Crippen LogP contribution in [0.5, 0.6) is 5.75 Å². The normalized spacial score (nSPS) is 15.5. The Balaban J connectivity index is 1.43. The molecule has 2 aromatic carbocycles. The molecule has 1 amide bonds. The van der Waals surface area contributed by atoms with Gasteiger partial charge in [0, 0.05) is 29.9 Å². The Morgan fingerprint density at radius 1 is 1.20 bits per heavy atom. The molecule has 0 aliphatic carbocycles. The van der Waals surface area contributed by atoms with E-state index in [2.05, 4.69) is 11.6 Å². The van der Waals surface area contributed by atoms with Gasteiger partial charge in [-0.3, -0.25) is 18.9 Å². The Bertz CT molecular complexity index is 1480. The first-order valence-electron chi connectivity index (χ1n) is 11.1. The van der Waals surface area contributed by atoms with Crippen molar-refractivity contribution in [3.63, 3.8) is 0 Å². The molecule has 1 fully saturated rings. The highest BCUT2D eigenvalue weighted by Gasteiger charge is 2.29.